The summed E-state index contributed by atoms with van der Waals surface area (Å²) in [6, 6.07) is 13.9. The molecule has 24 heavy (non-hydrogen) atoms. The summed E-state index contributed by atoms with van der Waals surface area (Å²) in [5.74, 6) is 0.359. The van der Waals surface area contributed by atoms with Crippen LogP contribution in [0.15, 0.2) is 58.5 Å². The van der Waals surface area contributed by atoms with Crippen LogP contribution in [0.3, 0.4) is 0 Å². The number of hydrogen-bond acceptors (Lipinski definition) is 4. The van der Waals surface area contributed by atoms with Gasteiger partial charge in [-0.3, -0.25) is 15.0 Å². The second-order valence-corrected chi connectivity index (χ2v) is 6.47. The molecule has 0 amide bonds. The molecule has 2 rings (SSSR count). The zero-order valence-electron chi connectivity index (χ0n) is 14.3. The Morgan fingerprint density at radius 2 is 1.88 bits per heavy atom. The van der Waals surface area contributed by atoms with Crippen molar-refractivity contribution >= 4 is 17.9 Å². The summed E-state index contributed by atoms with van der Waals surface area (Å²) >= 11 is 1.67. The van der Waals surface area contributed by atoms with Crippen LogP contribution in [0, 0.1) is 5.41 Å². The molecule has 0 aliphatic carbocycles. The van der Waals surface area contributed by atoms with E-state index in [9.17, 15) is 0 Å². The maximum absolute atomic E-state index is 8.05. The van der Waals surface area contributed by atoms with Gasteiger partial charge in [0.25, 0.3) is 0 Å². The summed E-state index contributed by atoms with van der Waals surface area (Å²) in [4.78, 5) is 5.48. The number of aromatic nitrogens is 1. The van der Waals surface area contributed by atoms with E-state index in [2.05, 4.69) is 35.3 Å². The van der Waals surface area contributed by atoms with Crippen molar-refractivity contribution in [2.24, 2.45) is 10.7 Å². The number of pyridine rings is 1. The van der Waals surface area contributed by atoms with Crippen LogP contribution in [0.4, 0.5) is 0 Å². The summed E-state index contributed by atoms with van der Waals surface area (Å²) in [7, 11) is 0. The minimum absolute atomic E-state index is 0.333. The molecule has 5 nitrogen and oxygen atoms in total. The molecule has 1 aromatic heterocycles. The third-order valence-corrected chi connectivity index (χ3v) is 4.85. The lowest BCUT2D eigenvalue weighted by Gasteiger charge is -2.17. The van der Waals surface area contributed by atoms with Gasteiger partial charge in [0, 0.05) is 30.7 Å². The normalized spacial score (nSPS) is 11.9. The lowest BCUT2D eigenvalue weighted by atomic mass is 10.2. The quantitative estimate of drug-likeness (QED) is 0.461. The van der Waals surface area contributed by atoms with E-state index in [1.807, 2.05) is 30.5 Å². The molecule has 1 heterocycles. The van der Waals surface area contributed by atoms with Crippen molar-refractivity contribution in [1.82, 2.24) is 8.87 Å². The van der Waals surface area contributed by atoms with E-state index in [1.165, 1.54) is 5.56 Å². The molecule has 0 bridgehead atoms. The molecule has 0 saturated heterocycles. The Kier molecular flexibility index (Phi) is 7.08. The van der Waals surface area contributed by atoms with E-state index in [1.54, 1.807) is 22.6 Å². The Morgan fingerprint density at radius 1 is 1.17 bits per heavy atom. The second-order valence-electron chi connectivity index (χ2n) is 5.30. The molecule has 2 aromatic rings. The van der Waals surface area contributed by atoms with Crippen LogP contribution in [0.5, 0.6) is 0 Å². The van der Waals surface area contributed by atoms with Crippen LogP contribution in [-0.2, 0) is 6.42 Å². The zero-order valence-corrected chi connectivity index (χ0v) is 15.1. The first-order valence-electron chi connectivity index (χ1n) is 8.18. The van der Waals surface area contributed by atoms with Crippen molar-refractivity contribution in [2.45, 2.75) is 25.2 Å². The molecule has 6 heteroatoms. The van der Waals surface area contributed by atoms with Gasteiger partial charge < -0.3 is 5.73 Å². The standard InChI is InChI=1S/C18H25N5S/c1-3-22(4-2)24-16-10-11-17(19)23(14-16)18(20)21-13-12-15-8-6-5-7-9-15/h5-11,14,19H,3-4,12-13H2,1-2H3,(H2,20,21). The maximum atomic E-state index is 8.05. The highest BCUT2D eigenvalue weighted by Crippen LogP contribution is 2.20. The van der Waals surface area contributed by atoms with E-state index in [0.717, 1.165) is 24.4 Å². The van der Waals surface area contributed by atoms with Crippen molar-refractivity contribution in [3.8, 4) is 0 Å². The average Bonchev–Trinajstić information content (AvgIpc) is 2.61. The van der Waals surface area contributed by atoms with Crippen LogP contribution < -0.4 is 11.2 Å². The van der Waals surface area contributed by atoms with Crippen molar-refractivity contribution in [3.63, 3.8) is 0 Å². The molecule has 0 unspecified atom stereocenters. The maximum Gasteiger partial charge on any atom is 0.201 e. The number of rotatable bonds is 7. The van der Waals surface area contributed by atoms with E-state index in [0.29, 0.717) is 18.0 Å². The van der Waals surface area contributed by atoms with Crippen molar-refractivity contribution in [3.05, 3.63) is 59.7 Å². The fourth-order valence-corrected chi connectivity index (χ4v) is 3.08. The number of aliphatic imine (C=N–C) groups is 1. The Labute approximate surface area is 147 Å². The van der Waals surface area contributed by atoms with E-state index < -0.39 is 0 Å². The summed E-state index contributed by atoms with van der Waals surface area (Å²) < 4.78 is 3.88. The number of hydrogen-bond donors (Lipinski definition) is 2. The summed E-state index contributed by atoms with van der Waals surface area (Å²) in [5, 5.41) is 8.05. The van der Waals surface area contributed by atoms with Crippen LogP contribution >= 0.6 is 11.9 Å². The first kappa shape index (κ1) is 18.3. The predicted octanol–water partition coefficient (Wildman–Crippen LogP) is 2.72. The van der Waals surface area contributed by atoms with Gasteiger partial charge in [-0.1, -0.05) is 44.2 Å². The Hall–Kier alpha value is -2.05. The van der Waals surface area contributed by atoms with E-state index in [-0.39, 0.29) is 0 Å². The van der Waals surface area contributed by atoms with Gasteiger partial charge in [0.1, 0.15) is 5.49 Å². The SMILES string of the molecule is CCN(CC)Sc1ccc(=N)n(C(N)=NCCc2ccccc2)c1. The molecule has 0 aliphatic heterocycles. The minimum atomic E-state index is 0.333. The van der Waals surface area contributed by atoms with Crippen LogP contribution in [0.1, 0.15) is 19.4 Å². The number of nitrogens with zero attached hydrogens (tertiary/aromatic N) is 3. The Balaban J connectivity index is 2.08. The number of nitrogens with two attached hydrogens (primary N) is 1. The van der Waals surface area contributed by atoms with Gasteiger partial charge in [0.15, 0.2) is 0 Å². The van der Waals surface area contributed by atoms with Gasteiger partial charge in [-0.15, -0.1) is 0 Å². The molecular weight excluding hydrogens is 318 g/mol. The number of nitrogens with one attached hydrogen (secondary N) is 1. The van der Waals surface area contributed by atoms with Crippen LogP contribution in [0.2, 0.25) is 0 Å². The third kappa shape index (κ3) is 5.25. The van der Waals surface area contributed by atoms with Crippen LogP contribution in [0.25, 0.3) is 0 Å². The van der Waals surface area contributed by atoms with Crippen molar-refractivity contribution in [2.75, 3.05) is 19.6 Å². The highest BCUT2D eigenvalue weighted by Gasteiger charge is 2.05. The summed E-state index contributed by atoms with van der Waals surface area (Å²) in [6.45, 7) is 6.79. The lowest BCUT2D eigenvalue weighted by molar-refractivity contribution is 0.524. The van der Waals surface area contributed by atoms with Crippen LogP contribution in [-0.4, -0.2) is 34.5 Å². The molecule has 0 saturated carbocycles. The Morgan fingerprint density at radius 3 is 2.54 bits per heavy atom. The molecule has 0 radical (unpaired) electrons. The average molecular weight is 344 g/mol. The van der Waals surface area contributed by atoms with Gasteiger partial charge in [-0.25, -0.2) is 4.31 Å². The van der Waals surface area contributed by atoms with Gasteiger partial charge in [0.2, 0.25) is 5.96 Å². The second kappa shape index (κ2) is 9.30. The highest BCUT2D eigenvalue weighted by atomic mass is 32.2. The molecule has 0 aliphatic rings. The summed E-state index contributed by atoms with van der Waals surface area (Å²) in [5.41, 5.74) is 7.66. The highest BCUT2D eigenvalue weighted by molar-refractivity contribution is 7.97. The third-order valence-electron chi connectivity index (χ3n) is 3.63. The van der Waals surface area contributed by atoms with E-state index >= 15 is 0 Å². The van der Waals surface area contributed by atoms with Gasteiger partial charge >= 0.3 is 0 Å². The fourth-order valence-electron chi connectivity index (χ4n) is 2.25. The first-order chi connectivity index (χ1) is 11.6. The van der Waals surface area contributed by atoms with Crippen molar-refractivity contribution in [1.29, 1.82) is 5.41 Å². The lowest BCUT2D eigenvalue weighted by Crippen LogP contribution is -2.33. The van der Waals surface area contributed by atoms with E-state index in [4.69, 9.17) is 11.1 Å². The monoisotopic (exact) mass is 343 g/mol. The molecule has 1 aromatic carbocycles. The van der Waals surface area contributed by atoms with Gasteiger partial charge in [-0.05, 0) is 36.1 Å². The van der Waals surface area contributed by atoms with Crippen molar-refractivity contribution < 1.29 is 0 Å². The molecule has 0 spiro atoms. The van der Waals surface area contributed by atoms with Gasteiger partial charge in [0.05, 0.1) is 0 Å². The summed E-state index contributed by atoms with van der Waals surface area (Å²) in [6.07, 6.45) is 2.72. The first-order valence-corrected chi connectivity index (χ1v) is 8.95. The minimum Gasteiger partial charge on any atom is -0.369 e. The topological polar surface area (TPSA) is 70.4 Å². The van der Waals surface area contributed by atoms with Gasteiger partial charge in [-0.2, -0.15) is 0 Å². The Bertz CT molecular complexity index is 720. The predicted molar refractivity (Wildman–Crippen MR) is 101 cm³/mol. The smallest absolute Gasteiger partial charge is 0.201 e. The largest absolute Gasteiger partial charge is 0.369 e. The zero-order chi connectivity index (χ0) is 17.4. The molecule has 128 valence electrons. The molecule has 0 atom stereocenters. The molecular formula is C18H25N5S. The number of benzene rings is 1. The molecule has 0 fully saturated rings. The molecule has 3 N–H and O–H groups in total. The fraction of sp³-hybridized carbons (Fsp3) is 0.333.